The second kappa shape index (κ2) is 8.39. The van der Waals surface area contributed by atoms with Crippen molar-refractivity contribution in [2.24, 2.45) is 0 Å². The Kier molecular flexibility index (Phi) is 7.44. The molecule has 0 aromatic rings. The Hall–Kier alpha value is 0.230. The predicted molar refractivity (Wildman–Crippen MR) is 65.5 cm³/mol. The summed E-state index contributed by atoms with van der Waals surface area (Å²) in [5.74, 6) is 1.30. The van der Waals surface area contributed by atoms with Gasteiger partial charge in [0.25, 0.3) is 0 Å². The Morgan fingerprint density at radius 2 is 2.40 bits per heavy atom. The maximum Gasteiger partial charge on any atom is 0.0897 e. The van der Waals surface area contributed by atoms with Gasteiger partial charge in [-0.05, 0) is 25.5 Å². The normalized spacial score (nSPS) is 24.0. The van der Waals surface area contributed by atoms with Crippen molar-refractivity contribution >= 4 is 11.8 Å². The zero-order chi connectivity index (χ0) is 10.9. The first kappa shape index (κ1) is 13.3. The van der Waals surface area contributed by atoms with Gasteiger partial charge in [0.15, 0.2) is 0 Å². The highest BCUT2D eigenvalue weighted by atomic mass is 32.2. The number of aliphatic hydroxyl groups excluding tert-OH is 1. The van der Waals surface area contributed by atoms with E-state index in [1.54, 1.807) is 0 Å². The number of hydrogen-bond donors (Lipinski definition) is 2. The molecule has 0 amide bonds. The van der Waals surface area contributed by atoms with Crippen LogP contribution in [-0.4, -0.2) is 48.5 Å². The standard InChI is InChI=1S/C11H23NO2S/c1-2-14-9-10(13)7-12-8-11-5-3-4-6-15-11/h10-13H,2-9H2,1H3. The van der Waals surface area contributed by atoms with Crippen molar-refractivity contribution in [3.63, 3.8) is 0 Å². The number of thioether (sulfide) groups is 1. The van der Waals surface area contributed by atoms with Gasteiger partial charge in [-0.25, -0.2) is 0 Å². The molecule has 0 bridgehead atoms. The lowest BCUT2D eigenvalue weighted by atomic mass is 10.2. The van der Waals surface area contributed by atoms with E-state index in [0.29, 0.717) is 19.8 Å². The molecule has 4 heteroatoms. The summed E-state index contributed by atoms with van der Waals surface area (Å²) < 4.78 is 5.14. The Labute approximate surface area is 97.0 Å². The number of nitrogens with one attached hydrogen (secondary N) is 1. The van der Waals surface area contributed by atoms with E-state index in [0.717, 1.165) is 11.8 Å². The Morgan fingerprint density at radius 3 is 3.07 bits per heavy atom. The molecule has 2 N–H and O–H groups in total. The lowest BCUT2D eigenvalue weighted by Gasteiger charge is -2.22. The van der Waals surface area contributed by atoms with Crippen molar-refractivity contribution < 1.29 is 9.84 Å². The maximum absolute atomic E-state index is 9.52. The molecule has 2 unspecified atom stereocenters. The van der Waals surface area contributed by atoms with Gasteiger partial charge in [0, 0.05) is 24.9 Å². The fourth-order valence-corrected chi connectivity index (χ4v) is 2.97. The van der Waals surface area contributed by atoms with Crippen LogP contribution in [-0.2, 0) is 4.74 Å². The summed E-state index contributed by atoms with van der Waals surface area (Å²) >= 11 is 2.06. The minimum absolute atomic E-state index is 0.362. The fourth-order valence-electron chi connectivity index (χ4n) is 1.69. The van der Waals surface area contributed by atoms with Crippen molar-refractivity contribution in [3.05, 3.63) is 0 Å². The second-order valence-corrected chi connectivity index (χ2v) is 5.37. The Bertz CT molecular complexity index is 152. The summed E-state index contributed by atoms with van der Waals surface area (Å²) in [4.78, 5) is 0. The molecule has 0 aromatic carbocycles. The summed E-state index contributed by atoms with van der Waals surface area (Å²) in [7, 11) is 0. The molecule has 1 saturated heterocycles. The zero-order valence-corrected chi connectivity index (χ0v) is 10.4. The molecule has 1 aliphatic heterocycles. The molecular weight excluding hydrogens is 210 g/mol. The van der Waals surface area contributed by atoms with Crippen molar-refractivity contribution in [1.29, 1.82) is 0 Å². The maximum atomic E-state index is 9.52. The van der Waals surface area contributed by atoms with Crippen LogP contribution in [0.3, 0.4) is 0 Å². The minimum atomic E-state index is -0.362. The first-order valence-corrected chi connectivity index (χ1v) is 6.96. The first-order chi connectivity index (χ1) is 7.33. The highest BCUT2D eigenvalue weighted by Gasteiger charge is 2.13. The van der Waals surface area contributed by atoms with Crippen LogP contribution in [0, 0.1) is 0 Å². The van der Waals surface area contributed by atoms with Gasteiger partial charge < -0.3 is 15.2 Å². The van der Waals surface area contributed by atoms with Gasteiger partial charge in [0.05, 0.1) is 12.7 Å². The molecule has 1 aliphatic rings. The van der Waals surface area contributed by atoms with Crippen LogP contribution in [0.1, 0.15) is 26.2 Å². The third-order valence-corrected chi connectivity index (χ3v) is 3.94. The van der Waals surface area contributed by atoms with Crippen LogP contribution >= 0.6 is 11.8 Å². The van der Waals surface area contributed by atoms with Gasteiger partial charge in [-0.15, -0.1) is 0 Å². The molecule has 3 nitrogen and oxygen atoms in total. The third kappa shape index (κ3) is 6.40. The molecule has 90 valence electrons. The van der Waals surface area contributed by atoms with E-state index in [2.05, 4.69) is 17.1 Å². The van der Waals surface area contributed by atoms with E-state index in [4.69, 9.17) is 4.74 Å². The number of rotatable bonds is 7. The first-order valence-electron chi connectivity index (χ1n) is 5.91. The largest absolute Gasteiger partial charge is 0.389 e. The molecule has 0 saturated carbocycles. The van der Waals surface area contributed by atoms with Gasteiger partial charge >= 0.3 is 0 Å². The SMILES string of the molecule is CCOCC(O)CNCC1CCCCS1. The van der Waals surface area contributed by atoms with Gasteiger partial charge in [0.1, 0.15) is 0 Å². The number of ether oxygens (including phenoxy) is 1. The minimum Gasteiger partial charge on any atom is -0.389 e. The predicted octanol–water partition coefficient (Wildman–Crippen LogP) is 1.26. The van der Waals surface area contributed by atoms with E-state index in [-0.39, 0.29) is 6.10 Å². The highest BCUT2D eigenvalue weighted by molar-refractivity contribution is 7.99. The van der Waals surface area contributed by atoms with Crippen LogP contribution in [0.15, 0.2) is 0 Å². The molecule has 15 heavy (non-hydrogen) atoms. The summed E-state index contributed by atoms with van der Waals surface area (Å²) in [6, 6.07) is 0. The summed E-state index contributed by atoms with van der Waals surface area (Å²) in [6.07, 6.45) is 3.69. The second-order valence-electron chi connectivity index (χ2n) is 3.96. The number of hydrogen-bond acceptors (Lipinski definition) is 4. The smallest absolute Gasteiger partial charge is 0.0897 e. The topological polar surface area (TPSA) is 41.5 Å². The van der Waals surface area contributed by atoms with E-state index in [1.807, 2.05) is 6.92 Å². The van der Waals surface area contributed by atoms with Crippen LogP contribution in [0.5, 0.6) is 0 Å². The van der Waals surface area contributed by atoms with E-state index >= 15 is 0 Å². The monoisotopic (exact) mass is 233 g/mol. The third-order valence-electron chi connectivity index (χ3n) is 2.54. The van der Waals surface area contributed by atoms with Gasteiger partial charge in [-0.3, -0.25) is 0 Å². The molecule has 0 aromatic heterocycles. The fraction of sp³-hybridized carbons (Fsp3) is 1.00. The Balaban J connectivity index is 1.94. The van der Waals surface area contributed by atoms with Crippen molar-refractivity contribution in [2.75, 3.05) is 32.1 Å². The molecule has 0 spiro atoms. The van der Waals surface area contributed by atoms with Crippen molar-refractivity contribution in [2.45, 2.75) is 37.5 Å². The molecular formula is C11H23NO2S. The molecule has 1 fully saturated rings. The molecule has 0 aliphatic carbocycles. The van der Waals surface area contributed by atoms with Crippen LogP contribution in [0.25, 0.3) is 0 Å². The highest BCUT2D eigenvalue weighted by Crippen LogP contribution is 2.24. The van der Waals surface area contributed by atoms with E-state index in [9.17, 15) is 5.11 Å². The summed E-state index contributed by atoms with van der Waals surface area (Å²) in [5.41, 5.74) is 0. The van der Waals surface area contributed by atoms with Gasteiger partial charge in [0.2, 0.25) is 0 Å². The molecule has 0 radical (unpaired) electrons. The quantitative estimate of drug-likeness (QED) is 0.694. The molecule has 2 atom stereocenters. The van der Waals surface area contributed by atoms with Crippen molar-refractivity contribution in [3.8, 4) is 0 Å². The lowest BCUT2D eigenvalue weighted by Crippen LogP contribution is -2.35. The zero-order valence-electron chi connectivity index (χ0n) is 9.58. The summed E-state index contributed by atoms with van der Waals surface area (Å²) in [5, 5.41) is 13.6. The van der Waals surface area contributed by atoms with Crippen LogP contribution in [0.4, 0.5) is 0 Å². The van der Waals surface area contributed by atoms with E-state index in [1.165, 1.54) is 25.0 Å². The average molecular weight is 233 g/mol. The van der Waals surface area contributed by atoms with Crippen molar-refractivity contribution in [1.82, 2.24) is 5.32 Å². The molecule has 1 heterocycles. The van der Waals surface area contributed by atoms with Crippen LogP contribution < -0.4 is 5.32 Å². The molecule has 1 rings (SSSR count). The van der Waals surface area contributed by atoms with Gasteiger partial charge in [-0.1, -0.05) is 6.42 Å². The van der Waals surface area contributed by atoms with E-state index < -0.39 is 0 Å². The van der Waals surface area contributed by atoms with Crippen LogP contribution in [0.2, 0.25) is 0 Å². The lowest BCUT2D eigenvalue weighted by molar-refractivity contribution is 0.0430. The van der Waals surface area contributed by atoms with Gasteiger partial charge in [-0.2, -0.15) is 11.8 Å². The summed E-state index contributed by atoms with van der Waals surface area (Å²) in [6.45, 7) is 4.74. The Morgan fingerprint density at radius 1 is 1.53 bits per heavy atom. The number of aliphatic hydroxyl groups is 1. The average Bonchev–Trinajstić information content (AvgIpc) is 2.28.